The predicted octanol–water partition coefficient (Wildman–Crippen LogP) is 3.91. The Morgan fingerprint density at radius 2 is 2.00 bits per heavy atom. The van der Waals surface area contributed by atoms with Crippen LogP contribution in [0.25, 0.3) is 11.0 Å². The van der Waals surface area contributed by atoms with E-state index in [9.17, 15) is 9.59 Å². The number of para-hydroxylation sites is 1. The molecule has 8 nitrogen and oxygen atoms in total. The third-order valence-electron chi connectivity index (χ3n) is 3.95. The van der Waals surface area contributed by atoms with E-state index in [0.29, 0.717) is 27.1 Å². The van der Waals surface area contributed by atoms with Gasteiger partial charge in [0.05, 0.1) is 19.9 Å². The molecule has 1 aromatic heterocycles. The molecule has 3 aromatic rings. The largest absolute Gasteiger partial charge is 0.493 e. The minimum absolute atomic E-state index is 0.160. The van der Waals surface area contributed by atoms with Crippen molar-refractivity contribution < 1.29 is 28.2 Å². The molecular weight excluding hydrogens is 456 g/mol. The number of esters is 1. The van der Waals surface area contributed by atoms with Crippen LogP contribution < -0.4 is 14.9 Å². The number of ether oxygens (including phenoxy) is 3. The zero-order chi connectivity index (χ0) is 21.5. The molecule has 2 aromatic carbocycles. The molecular formula is C21H19BrN2O6. The fourth-order valence-electron chi connectivity index (χ4n) is 2.57. The monoisotopic (exact) mass is 474 g/mol. The summed E-state index contributed by atoms with van der Waals surface area (Å²) in [6.07, 6.45) is 1.45. The van der Waals surface area contributed by atoms with Crippen molar-refractivity contribution in [3.8, 4) is 11.5 Å². The maximum Gasteiger partial charge on any atom is 0.344 e. The normalized spacial score (nSPS) is 10.9. The molecule has 3 rings (SSSR count). The van der Waals surface area contributed by atoms with E-state index in [1.807, 2.05) is 18.2 Å². The van der Waals surface area contributed by atoms with Gasteiger partial charge in [0, 0.05) is 15.4 Å². The average molecular weight is 475 g/mol. The highest BCUT2D eigenvalue weighted by molar-refractivity contribution is 9.10. The van der Waals surface area contributed by atoms with E-state index >= 15 is 0 Å². The Labute approximate surface area is 180 Å². The van der Waals surface area contributed by atoms with Gasteiger partial charge in [0.2, 0.25) is 0 Å². The first-order valence-corrected chi connectivity index (χ1v) is 9.79. The number of carbonyl (C=O) groups excluding carboxylic acids is 2. The van der Waals surface area contributed by atoms with Crippen molar-refractivity contribution in [2.24, 2.45) is 5.10 Å². The van der Waals surface area contributed by atoms with E-state index in [4.69, 9.17) is 18.6 Å². The van der Waals surface area contributed by atoms with Crippen LogP contribution in [0.3, 0.4) is 0 Å². The highest BCUT2D eigenvalue weighted by atomic mass is 79.9. The van der Waals surface area contributed by atoms with Gasteiger partial charge in [0.25, 0.3) is 0 Å². The number of amides is 1. The van der Waals surface area contributed by atoms with Gasteiger partial charge < -0.3 is 18.6 Å². The summed E-state index contributed by atoms with van der Waals surface area (Å²) in [6.45, 7) is 1.76. The van der Waals surface area contributed by atoms with Gasteiger partial charge in [-0.2, -0.15) is 5.10 Å². The Balaban J connectivity index is 1.68. The van der Waals surface area contributed by atoms with Crippen molar-refractivity contribution in [3.05, 3.63) is 58.3 Å². The van der Waals surface area contributed by atoms with Gasteiger partial charge in [0.1, 0.15) is 5.58 Å². The Morgan fingerprint density at radius 1 is 1.20 bits per heavy atom. The zero-order valence-corrected chi connectivity index (χ0v) is 17.9. The van der Waals surface area contributed by atoms with Gasteiger partial charge in [-0.1, -0.05) is 18.2 Å². The standard InChI is InChI=1S/C21H19BrN2O6/c1-3-28-20(25)12-29-18-10-15(22)14(9-17(18)27-2)11-23-24-21(26)19-8-13-6-4-5-7-16(13)30-19/h4-11H,3,12H2,1-2H3,(H,24,26)/b23-11+. The summed E-state index contributed by atoms with van der Waals surface area (Å²) in [5.74, 6) is -0.0318. The van der Waals surface area contributed by atoms with Crippen LogP contribution in [-0.4, -0.2) is 38.4 Å². The maximum absolute atomic E-state index is 12.3. The van der Waals surface area contributed by atoms with Crippen molar-refractivity contribution in [1.29, 1.82) is 0 Å². The molecule has 0 fully saturated rings. The number of carbonyl (C=O) groups is 2. The molecule has 1 amide bonds. The molecule has 156 valence electrons. The third-order valence-corrected chi connectivity index (χ3v) is 4.64. The fraction of sp³-hybridized carbons (Fsp3) is 0.190. The maximum atomic E-state index is 12.3. The molecule has 0 saturated heterocycles. The number of nitrogens with zero attached hydrogens (tertiary/aromatic N) is 1. The van der Waals surface area contributed by atoms with Crippen molar-refractivity contribution in [3.63, 3.8) is 0 Å². The molecule has 9 heteroatoms. The second kappa shape index (κ2) is 9.93. The average Bonchev–Trinajstić information content (AvgIpc) is 3.18. The van der Waals surface area contributed by atoms with Crippen LogP contribution in [0.2, 0.25) is 0 Å². The number of rotatable bonds is 8. The molecule has 30 heavy (non-hydrogen) atoms. The van der Waals surface area contributed by atoms with Crippen LogP contribution >= 0.6 is 15.9 Å². The summed E-state index contributed by atoms with van der Waals surface area (Å²) in [4.78, 5) is 23.7. The van der Waals surface area contributed by atoms with Crippen molar-refractivity contribution in [1.82, 2.24) is 5.43 Å². The lowest BCUT2D eigenvalue weighted by Crippen LogP contribution is -2.16. The van der Waals surface area contributed by atoms with E-state index in [-0.39, 0.29) is 19.0 Å². The van der Waals surface area contributed by atoms with Gasteiger partial charge in [-0.15, -0.1) is 0 Å². The minimum atomic E-state index is -0.477. The third kappa shape index (κ3) is 5.18. The first kappa shape index (κ1) is 21.4. The molecule has 0 aliphatic rings. The molecule has 0 atom stereocenters. The van der Waals surface area contributed by atoms with E-state index < -0.39 is 11.9 Å². The number of fused-ring (bicyclic) bond motifs is 1. The Bertz CT molecular complexity index is 1060. The topological polar surface area (TPSA) is 99.4 Å². The van der Waals surface area contributed by atoms with E-state index in [2.05, 4.69) is 26.5 Å². The molecule has 0 spiro atoms. The minimum Gasteiger partial charge on any atom is -0.493 e. The number of hydrogen-bond donors (Lipinski definition) is 1. The highest BCUT2D eigenvalue weighted by Crippen LogP contribution is 2.33. The molecule has 0 saturated carbocycles. The summed E-state index contributed by atoms with van der Waals surface area (Å²) < 4.78 is 21.7. The van der Waals surface area contributed by atoms with Gasteiger partial charge in [-0.05, 0) is 47.1 Å². The van der Waals surface area contributed by atoms with Crippen LogP contribution in [0.5, 0.6) is 11.5 Å². The van der Waals surface area contributed by atoms with Crippen LogP contribution in [0.15, 0.2) is 56.5 Å². The lowest BCUT2D eigenvalue weighted by Gasteiger charge is -2.12. The first-order valence-electron chi connectivity index (χ1n) is 8.99. The molecule has 0 unspecified atom stereocenters. The smallest absolute Gasteiger partial charge is 0.344 e. The van der Waals surface area contributed by atoms with E-state index in [0.717, 1.165) is 5.39 Å². The van der Waals surface area contributed by atoms with Crippen LogP contribution in [0.1, 0.15) is 23.0 Å². The Kier molecular flexibility index (Phi) is 7.08. The van der Waals surface area contributed by atoms with Gasteiger partial charge in [-0.3, -0.25) is 4.79 Å². The molecule has 1 N–H and O–H groups in total. The number of nitrogens with one attached hydrogen (secondary N) is 1. The number of benzene rings is 2. The number of halogens is 1. The Morgan fingerprint density at radius 3 is 2.73 bits per heavy atom. The molecule has 0 aliphatic heterocycles. The second-order valence-corrected chi connectivity index (χ2v) is 6.82. The SMILES string of the molecule is CCOC(=O)COc1cc(Br)c(/C=N/NC(=O)c2cc3ccccc3o2)cc1OC. The second-order valence-electron chi connectivity index (χ2n) is 5.97. The lowest BCUT2D eigenvalue weighted by molar-refractivity contribution is -0.145. The number of methoxy groups -OCH3 is 1. The van der Waals surface area contributed by atoms with Gasteiger partial charge in [0.15, 0.2) is 23.9 Å². The van der Waals surface area contributed by atoms with Gasteiger partial charge in [-0.25, -0.2) is 10.2 Å². The Hall–Kier alpha value is -3.33. The molecule has 0 radical (unpaired) electrons. The van der Waals surface area contributed by atoms with Crippen molar-refractivity contribution >= 4 is 45.0 Å². The summed E-state index contributed by atoms with van der Waals surface area (Å²) in [7, 11) is 1.48. The lowest BCUT2D eigenvalue weighted by atomic mass is 10.2. The fourth-order valence-corrected chi connectivity index (χ4v) is 3.00. The highest BCUT2D eigenvalue weighted by Gasteiger charge is 2.13. The zero-order valence-electron chi connectivity index (χ0n) is 16.3. The van der Waals surface area contributed by atoms with Gasteiger partial charge >= 0.3 is 11.9 Å². The summed E-state index contributed by atoms with van der Waals surface area (Å²) in [5.41, 5.74) is 3.67. The number of furan rings is 1. The molecule has 0 aliphatic carbocycles. The quantitative estimate of drug-likeness (QED) is 0.301. The first-order chi connectivity index (χ1) is 14.5. The van der Waals surface area contributed by atoms with E-state index in [1.165, 1.54) is 13.3 Å². The summed E-state index contributed by atoms with van der Waals surface area (Å²) in [6, 6.07) is 12.3. The predicted molar refractivity (Wildman–Crippen MR) is 114 cm³/mol. The number of hydrogen-bond acceptors (Lipinski definition) is 7. The number of hydrazone groups is 1. The van der Waals surface area contributed by atoms with E-state index in [1.54, 1.807) is 31.2 Å². The van der Waals surface area contributed by atoms with Crippen molar-refractivity contribution in [2.75, 3.05) is 20.3 Å². The summed E-state index contributed by atoms with van der Waals surface area (Å²) >= 11 is 3.41. The van der Waals surface area contributed by atoms with Crippen LogP contribution in [-0.2, 0) is 9.53 Å². The van der Waals surface area contributed by atoms with Crippen LogP contribution in [0.4, 0.5) is 0 Å². The summed E-state index contributed by atoms with van der Waals surface area (Å²) in [5, 5.41) is 4.80. The van der Waals surface area contributed by atoms with Crippen molar-refractivity contribution in [2.45, 2.75) is 6.92 Å². The van der Waals surface area contributed by atoms with Crippen LogP contribution in [0, 0.1) is 0 Å². The molecule has 0 bridgehead atoms. The molecule has 1 heterocycles.